The zero-order chi connectivity index (χ0) is 10.7. The Kier molecular flexibility index (Phi) is 3.71. The summed E-state index contributed by atoms with van der Waals surface area (Å²) in [5.74, 6) is 0.867. The Labute approximate surface area is 95.0 Å². The van der Waals surface area contributed by atoms with Crippen LogP contribution in [0.3, 0.4) is 0 Å². The van der Waals surface area contributed by atoms with E-state index in [1.165, 1.54) is 57.9 Å². The van der Waals surface area contributed by atoms with Gasteiger partial charge in [-0.15, -0.1) is 0 Å². The summed E-state index contributed by atoms with van der Waals surface area (Å²) in [4.78, 5) is 0. The van der Waals surface area contributed by atoms with Crippen molar-refractivity contribution in [3.8, 4) is 0 Å². The Morgan fingerprint density at radius 1 is 1.13 bits per heavy atom. The molecule has 2 aliphatic carbocycles. The topological polar surface area (TPSA) is 12.0 Å². The summed E-state index contributed by atoms with van der Waals surface area (Å²) >= 11 is 0. The molecule has 0 unspecified atom stereocenters. The molecule has 0 radical (unpaired) electrons. The molecule has 2 aliphatic rings. The largest absolute Gasteiger partial charge is 0.313 e. The summed E-state index contributed by atoms with van der Waals surface area (Å²) in [6, 6.07) is 0.870. The van der Waals surface area contributed by atoms with Crippen LogP contribution in [0.25, 0.3) is 0 Å². The third-order valence-electron chi connectivity index (χ3n) is 4.38. The van der Waals surface area contributed by atoms with Crippen molar-refractivity contribution in [3.63, 3.8) is 0 Å². The quantitative estimate of drug-likeness (QED) is 0.727. The van der Waals surface area contributed by atoms with E-state index in [1.54, 1.807) is 0 Å². The van der Waals surface area contributed by atoms with E-state index in [0.29, 0.717) is 5.41 Å². The van der Waals surface area contributed by atoms with Crippen LogP contribution in [-0.4, -0.2) is 12.6 Å². The summed E-state index contributed by atoms with van der Waals surface area (Å²) in [5.41, 5.74) is 0.670. The monoisotopic (exact) mass is 209 g/mol. The fourth-order valence-electron chi connectivity index (χ4n) is 3.42. The average Bonchev–Trinajstić information content (AvgIpc) is 2.49. The first kappa shape index (κ1) is 11.4. The molecule has 0 aromatic rings. The van der Waals surface area contributed by atoms with E-state index in [9.17, 15) is 0 Å². The maximum atomic E-state index is 3.81. The smallest absolute Gasteiger partial charge is 0.00673 e. The van der Waals surface area contributed by atoms with Crippen molar-refractivity contribution < 1.29 is 0 Å². The molecule has 1 heteroatoms. The van der Waals surface area contributed by atoms with Crippen molar-refractivity contribution in [1.82, 2.24) is 5.32 Å². The molecule has 0 bridgehead atoms. The summed E-state index contributed by atoms with van der Waals surface area (Å²) in [5, 5.41) is 3.81. The highest BCUT2D eigenvalue weighted by atomic mass is 14.9. The van der Waals surface area contributed by atoms with Crippen LogP contribution in [0.4, 0.5) is 0 Å². The Morgan fingerprint density at radius 3 is 2.27 bits per heavy atom. The van der Waals surface area contributed by atoms with Crippen molar-refractivity contribution in [2.75, 3.05) is 6.54 Å². The summed E-state index contributed by atoms with van der Waals surface area (Å²) in [6.45, 7) is 6.06. The van der Waals surface area contributed by atoms with Gasteiger partial charge < -0.3 is 5.32 Å². The van der Waals surface area contributed by atoms with Gasteiger partial charge >= 0.3 is 0 Å². The second-order valence-corrected chi connectivity index (χ2v) is 6.31. The fourth-order valence-corrected chi connectivity index (χ4v) is 3.42. The molecule has 0 heterocycles. The molecule has 0 amide bonds. The molecule has 2 rings (SSSR count). The van der Waals surface area contributed by atoms with Crippen LogP contribution in [-0.2, 0) is 0 Å². The second kappa shape index (κ2) is 4.86. The molecule has 0 aromatic carbocycles. The molecule has 0 aromatic heterocycles. The van der Waals surface area contributed by atoms with E-state index in [2.05, 4.69) is 19.2 Å². The summed E-state index contributed by atoms with van der Waals surface area (Å²) in [6.07, 6.45) is 11.6. The average molecular weight is 209 g/mol. The molecule has 2 fully saturated rings. The van der Waals surface area contributed by atoms with Gasteiger partial charge in [-0.1, -0.05) is 33.1 Å². The SMILES string of the molecule is CC(C)CC1(CNC2CCC2)CCCC1. The first-order valence-electron chi connectivity index (χ1n) is 6.94. The molecule has 2 saturated carbocycles. The Balaban J connectivity index is 1.81. The first-order valence-corrected chi connectivity index (χ1v) is 6.94. The van der Waals surface area contributed by atoms with Crippen LogP contribution in [0, 0.1) is 11.3 Å². The van der Waals surface area contributed by atoms with E-state index < -0.39 is 0 Å². The molecule has 0 aliphatic heterocycles. The van der Waals surface area contributed by atoms with E-state index >= 15 is 0 Å². The van der Waals surface area contributed by atoms with Crippen molar-refractivity contribution in [1.29, 1.82) is 0 Å². The second-order valence-electron chi connectivity index (χ2n) is 6.31. The third kappa shape index (κ3) is 2.96. The van der Waals surface area contributed by atoms with Gasteiger partial charge in [0.05, 0.1) is 0 Å². The van der Waals surface area contributed by atoms with E-state index in [4.69, 9.17) is 0 Å². The molecule has 0 saturated heterocycles. The highest BCUT2D eigenvalue weighted by Crippen LogP contribution is 2.42. The lowest BCUT2D eigenvalue weighted by Gasteiger charge is -2.35. The van der Waals surface area contributed by atoms with Crippen LogP contribution in [0.5, 0.6) is 0 Å². The van der Waals surface area contributed by atoms with Gasteiger partial charge in [-0.3, -0.25) is 0 Å². The van der Waals surface area contributed by atoms with Gasteiger partial charge in [-0.2, -0.15) is 0 Å². The Hall–Kier alpha value is -0.0400. The van der Waals surface area contributed by atoms with Gasteiger partial charge in [0, 0.05) is 12.6 Å². The molecule has 15 heavy (non-hydrogen) atoms. The van der Waals surface area contributed by atoms with Crippen molar-refractivity contribution >= 4 is 0 Å². The normalized spacial score (nSPS) is 25.8. The van der Waals surface area contributed by atoms with Crippen LogP contribution < -0.4 is 5.32 Å². The minimum atomic E-state index is 0.670. The fraction of sp³-hybridized carbons (Fsp3) is 1.00. The minimum absolute atomic E-state index is 0.670. The van der Waals surface area contributed by atoms with Gasteiger partial charge in [-0.05, 0) is 43.4 Å². The van der Waals surface area contributed by atoms with Crippen LogP contribution in [0.1, 0.15) is 65.2 Å². The van der Waals surface area contributed by atoms with Crippen LogP contribution in [0.2, 0.25) is 0 Å². The first-order chi connectivity index (χ1) is 7.20. The number of hydrogen-bond acceptors (Lipinski definition) is 1. The van der Waals surface area contributed by atoms with Gasteiger partial charge in [0.1, 0.15) is 0 Å². The molecule has 1 N–H and O–H groups in total. The van der Waals surface area contributed by atoms with E-state index in [1.807, 2.05) is 0 Å². The molecule has 88 valence electrons. The maximum absolute atomic E-state index is 3.81. The lowest BCUT2D eigenvalue weighted by molar-refractivity contribution is 0.197. The van der Waals surface area contributed by atoms with E-state index in [0.717, 1.165) is 12.0 Å². The highest BCUT2D eigenvalue weighted by Gasteiger charge is 2.34. The Morgan fingerprint density at radius 2 is 1.80 bits per heavy atom. The van der Waals surface area contributed by atoms with Gasteiger partial charge in [-0.25, -0.2) is 0 Å². The summed E-state index contributed by atoms with van der Waals surface area (Å²) < 4.78 is 0. The molecule has 1 nitrogen and oxygen atoms in total. The number of rotatable bonds is 5. The predicted molar refractivity (Wildman–Crippen MR) is 66.0 cm³/mol. The van der Waals surface area contributed by atoms with Crippen LogP contribution in [0.15, 0.2) is 0 Å². The standard InChI is InChI=1S/C14H27N/c1-12(2)10-14(8-3-4-9-14)11-15-13-6-5-7-13/h12-13,15H,3-11H2,1-2H3. The zero-order valence-electron chi connectivity index (χ0n) is 10.5. The van der Waals surface area contributed by atoms with Gasteiger partial charge in [0.25, 0.3) is 0 Å². The maximum Gasteiger partial charge on any atom is 0.00673 e. The van der Waals surface area contributed by atoms with Gasteiger partial charge in [0.2, 0.25) is 0 Å². The van der Waals surface area contributed by atoms with Gasteiger partial charge in [0.15, 0.2) is 0 Å². The molecular formula is C14H27N. The highest BCUT2D eigenvalue weighted by molar-refractivity contribution is 4.89. The number of hydrogen-bond donors (Lipinski definition) is 1. The predicted octanol–water partition coefficient (Wildman–Crippen LogP) is 3.74. The van der Waals surface area contributed by atoms with Crippen molar-refractivity contribution in [2.24, 2.45) is 11.3 Å². The lowest BCUT2D eigenvalue weighted by Crippen LogP contribution is -2.42. The summed E-state index contributed by atoms with van der Waals surface area (Å²) in [7, 11) is 0. The molecule has 0 atom stereocenters. The zero-order valence-corrected chi connectivity index (χ0v) is 10.5. The Bertz CT molecular complexity index is 188. The van der Waals surface area contributed by atoms with E-state index in [-0.39, 0.29) is 0 Å². The third-order valence-corrected chi connectivity index (χ3v) is 4.38. The van der Waals surface area contributed by atoms with Crippen molar-refractivity contribution in [2.45, 2.75) is 71.3 Å². The molecule has 0 spiro atoms. The van der Waals surface area contributed by atoms with Crippen molar-refractivity contribution in [3.05, 3.63) is 0 Å². The number of nitrogens with one attached hydrogen (secondary N) is 1. The minimum Gasteiger partial charge on any atom is -0.313 e. The lowest BCUT2D eigenvalue weighted by atomic mass is 9.78. The van der Waals surface area contributed by atoms with Crippen LogP contribution >= 0.6 is 0 Å². The molecular weight excluding hydrogens is 182 g/mol.